The molecule has 0 heterocycles. The van der Waals surface area contributed by atoms with E-state index in [-0.39, 0.29) is 12.5 Å². The fourth-order valence-electron chi connectivity index (χ4n) is 0.217. The first-order valence-electron chi connectivity index (χ1n) is 4.58. The van der Waals surface area contributed by atoms with Gasteiger partial charge in [-0.2, -0.15) is 0 Å². The number of hydrogen-bond donors (Lipinski definition) is 1. The second kappa shape index (κ2) is 17.9. The summed E-state index contributed by atoms with van der Waals surface area (Å²) in [5, 5.41) is 2.64. The molecule has 0 aliphatic heterocycles. The second-order valence-electron chi connectivity index (χ2n) is 2.25. The van der Waals surface area contributed by atoms with Gasteiger partial charge in [-0.25, -0.2) is 0 Å². The molecule has 0 atom stereocenters. The molecule has 0 aromatic heterocycles. The molecular formula is C10H24N2O2. The van der Waals surface area contributed by atoms with Crippen molar-refractivity contribution in [1.82, 2.24) is 10.2 Å². The van der Waals surface area contributed by atoms with Crippen LogP contribution in [0.4, 0.5) is 0 Å². The van der Waals surface area contributed by atoms with Crippen LogP contribution in [0.25, 0.3) is 0 Å². The van der Waals surface area contributed by atoms with Gasteiger partial charge in [-0.3, -0.25) is 4.79 Å². The molecule has 4 nitrogen and oxygen atoms in total. The van der Waals surface area contributed by atoms with Gasteiger partial charge in [-0.05, 0) is 13.2 Å². The van der Waals surface area contributed by atoms with Crippen molar-refractivity contribution in [1.29, 1.82) is 0 Å². The summed E-state index contributed by atoms with van der Waals surface area (Å²) in [6.45, 7) is 7.77. The number of esters is 1. The lowest BCUT2D eigenvalue weighted by Gasteiger charge is -1.98. The second-order valence-corrected chi connectivity index (χ2v) is 2.25. The molecule has 0 bridgehead atoms. The van der Waals surface area contributed by atoms with E-state index in [1.165, 1.54) is 7.11 Å². The highest BCUT2D eigenvalue weighted by atomic mass is 16.5. The molecule has 0 aliphatic carbocycles. The summed E-state index contributed by atoms with van der Waals surface area (Å²) >= 11 is 0. The van der Waals surface area contributed by atoms with Crippen LogP contribution in [0.5, 0.6) is 0 Å². The fraction of sp³-hybridized carbons (Fsp3) is 0.700. The zero-order chi connectivity index (χ0) is 12.0. The lowest BCUT2D eigenvalue weighted by molar-refractivity contribution is -0.139. The number of hydrogen-bond acceptors (Lipinski definition) is 4. The van der Waals surface area contributed by atoms with Gasteiger partial charge in [0.1, 0.15) is 0 Å². The van der Waals surface area contributed by atoms with Crippen LogP contribution in [0.3, 0.4) is 0 Å². The molecule has 0 spiro atoms. The first-order valence-corrected chi connectivity index (χ1v) is 4.58. The summed E-state index contributed by atoms with van der Waals surface area (Å²) in [5.41, 5.74) is 0. The summed E-state index contributed by atoms with van der Waals surface area (Å²) in [6, 6.07) is 0. The van der Waals surface area contributed by atoms with E-state index in [4.69, 9.17) is 0 Å². The number of likely N-dealkylation sites (N-methyl/N-ethyl adjacent to an activating group) is 1. The van der Waals surface area contributed by atoms with Gasteiger partial charge in [0.15, 0.2) is 0 Å². The molecule has 0 aromatic rings. The van der Waals surface area contributed by atoms with Gasteiger partial charge in [0.05, 0.1) is 13.7 Å². The molecule has 0 fully saturated rings. The van der Waals surface area contributed by atoms with Gasteiger partial charge in [-0.1, -0.05) is 20.4 Å². The zero-order valence-electron chi connectivity index (χ0n) is 10.3. The molecule has 1 N–H and O–H groups in total. The van der Waals surface area contributed by atoms with Crippen LogP contribution in [0.1, 0.15) is 13.8 Å². The monoisotopic (exact) mass is 204 g/mol. The van der Waals surface area contributed by atoms with Crippen LogP contribution < -0.4 is 5.32 Å². The molecule has 0 aliphatic rings. The van der Waals surface area contributed by atoms with Crippen molar-refractivity contribution >= 4 is 5.97 Å². The number of methoxy groups -OCH3 is 1. The highest BCUT2D eigenvalue weighted by Crippen LogP contribution is 1.65. The average Bonchev–Trinajstić information content (AvgIpc) is 2.22. The quantitative estimate of drug-likeness (QED) is 0.699. The number of ether oxygens (including phenoxy) is 1. The van der Waals surface area contributed by atoms with Crippen molar-refractivity contribution in [2.45, 2.75) is 13.8 Å². The van der Waals surface area contributed by atoms with Gasteiger partial charge in [0.25, 0.3) is 0 Å². The van der Waals surface area contributed by atoms with Crippen LogP contribution in [-0.4, -0.2) is 45.7 Å². The van der Waals surface area contributed by atoms with Gasteiger partial charge in [0.2, 0.25) is 0 Å². The number of carbonyl (C=O) groups excluding carboxylic acids is 1. The van der Waals surface area contributed by atoms with Crippen LogP contribution in [-0.2, 0) is 9.53 Å². The Bertz CT molecular complexity index is 125. The highest BCUT2D eigenvalue weighted by Gasteiger charge is 1.91. The first-order chi connectivity index (χ1) is 6.58. The zero-order valence-corrected chi connectivity index (χ0v) is 10.3. The maximum atomic E-state index is 10.1. The topological polar surface area (TPSA) is 41.6 Å². The fourth-order valence-corrected chi connectivity index (χ4v) is 0.217. The molecule has 0 aromatic carbocycles. The Morgan fingerprint density at radius 2 is 1.86 bits per heavy atom. The predicted molar refractivity (Wildman–Crippen MR) is 61.2 cm³/mol. The van der Waals surface area contributed by atoms with Crippen molar-refractivity contribution in [2.24, 2.45) is 0 Å². The van der Waals surface area contributed by atoms with E-state index in [1.54, 1.807) is 13.2 Å². The average molecular weight is 204 g/mol. The summed E-state index contributed by atoms with van der Waals surface area (Å²) in [5.74, 6) is -0.234. The number of nitrogens with one attached hydrogen (secondary N) is 1. The van der Waals surface area contributed by atoms with Gasteiger partial charge < -0.3 is 15.0 Å². The standard InChI is InChI=1S/C4H9NO2.C4H9N.C2H6/c1-5-3-4(6)7-2;1-4-5(2)3;1-2/h5H,3H2,1-2H3;4H,1H2,2-3H3;1-2H3. The van der Waals surface area contributed by atoms with Crippen molar-refractivity contribution in [2.75, 3.05) is 34.8 Å². The van der Waals surface area contributed by atoms with E-state index < -0.39 is 0 Å². The molecule has 0 saturated carbocycles. The van der Waals surface area contributed by atoms with E-state index >= 15 is 0 Å². The number of carbonyl (C=O) groups is 1. The van der Waals surface area contributed by atoms with E-state index in [1.807, 2.05) is 32.8 Å². The minimum atomic E-state index is -0.234. The Morgan fingerprint density at radius 3 is 1.93 bits per heavy atom. The maximum Gasteiger partial charge on any atom is 0.319 e. The third kappa shape index (κ3) is 30.6. The Kier molecular flexibility index (Phi) is 23.9. The molecule has 0 unspecified atom stereocenters. The predicted octanol–water partition coefficient (Wildman–Crippen LogP) is 1.10. The van der Waals surface area contributed by atoms with Crippen LogP contribution >= 0.6 is 0 Å². The Labute approximate surface area is 87.9 Å². The lowest BCUT2D eigenvalue weighted by Crippen LogP contribution is -2.19. The molecule has 0 saturated heterocycles. The van der Waals surface area contributed by atoms with E-state index in [0.29, 0.717) is 0 Å². The van der Waals surface area contributed by atoms with Crippen LogP contribution in [0, 0.1) is 0 Å². The molecule has 0 radical (unpaired) electrons. The van der Waals surface area contributed by atoms with Gasteiger partial charge >= 0.3 is 5.97 Å². The Balaban J connectivity index is -0.000000152. The Hall–Kier alpha value is -1.03. The van der Waals surface area contributed by atoms with Crippen molar-refractivity contribution in [3.63, 3.8) is 0 Å². The Morgan fingerprint density at radius 1 is 1.50 bits per heavy atom. The van der Waals surface area contributed by atoms with E-state index in [9.17, 15) is 4.79 Å². The molecule has 0 amide bonds. The van der Waals surface area contributed by atoms with Crippen molar-refractivity contribution < 1.29 is 9.53 Å². The lowest BCUT2D eigenvalue weighted by atomic mass is 10.7. The SMILES string of the molecule is C=CN(C)C.CC.CNCC(=O)OC. The minimum absolute atomic E-state index is 0.234. The number of nitrogens with zero attached hydrogens (tertiary/aromatic N) is 1. The minimum Gasteiger partial charge on any atom is -0.468 e. The highest BCUT2D eigenvalue weighted by molar-refractivity contribution is 5.71. The van der Waals surface area contributed by atoms with E-state index in [0.717, 1.165) is 0 Å². The molecule has 86 valence electrons. The summed E-state index contributed by atoms with van der Waals surface area (Å²) < 4.78 is 4.29. The summed E-state index contributed by atoms with van der Waals surface area (Å²) in [6.07, 6.45) is 1.75. The third-order valence-corrected chi connectivity index (χ3v) is 0.914. The van der Waals surface area contributed by atoms with Crippen molar-refractivity contribution in [3.05, 3.63) is 12.8 Å². The number of rotatable bonds is 3. The van der Waals surface area contributed by atoms with Gasteiger partial charge in [-0.15, -0.1) is 0 Å². The maximum absolute atomic E-state index is 10.1. The van der Waals surface area contributed by atoms with Crippen LogP contribution in [0.2, 0.25) is 0 Å². The molecular weight excluding hydrogens is 180 g/mol. The normalized spacial score (nSPS) is 7.00. The largest absolute Gasteiger partial charge is 0.468 e. The van der Waals surface area contributed by atoms with Gasteiger partial charge in [0, 0.05) is 14.1 Å². The van der Waals surface area contributed by atoms with E-state index in [2.05, 4.69) is 16.6 Å². The molecule has 4 heteroatoms. The van der Waals surface area contributed by atoms with Crippen LogP contribution in [0.15, 0.2) is 12.8 Å². The smallest absolute Gasteiger partial charge is 0.319 e. The van der Waals surface area contributed by atoms with Crippen molar-refractivity contribution in [3.8, 4) is 0 Å². The molecule has 0 rings (SSSR count). The third-order valence-electron chi connectivity index (χ3n) is 0.914. The summed E-state index contributed by atoms with van der Waals surface area (Å²) in [4.78, 5) is 12.0. The first kappa shape index (κ1) is 18.7. The molecule has 14 heavy (non-hydrogen) atoms. The summed E-state index contributed by atoms with van der Waals surface area (Å²) in [7, 11) is 6.93.